The molecule has 0 aromatic carbocycles. The minimum atomic E-state index is -1.11. The summed E-state index contributed by atoms with van der Waals surface area (Å²) in [5.41, 5.74) is 9.81. The van der Waals surface area contributed by atoms with Crippen LogP contribution in [0.5, 0.6) is 0 Å². The zero-order valence-corrected chi connectivity index (χ0v) is 9.80. The second-order valence-corrected chi connectivity index (χ2v) is 1.95. The van der Waals surface area contributed by atoms with E-state index in [0.29, 0.717) is 0 Å². The van der Waals surface area contributed by atoms with Crippen molar-refractivity contribution < 1.29 is 14.7 Å². The molecule has 1 atom stereocenters. The van der Waals surface area contributed by atoms with Crippen LogP contribution in [-0.4, -0.2) is 50.3 Å². The van der Waals surface area contributed by atoms with Crippen molar-refractivity contribution >= 4 is 39.2 Å². The predicted octanol–water partition coefficient (Wildman–Crippen LogP) is -1.72. The molecule has 11 heavy (non-hydrogen) atoms. The smallest absolute Gasteiger partial charge is 0.320 e. The van der Waals surface area contributed by atoms with Gasteiger partial charge in [-0.1, -0.05) is 0 Å². The molecule has 0 saturated heterocycles. The number of carbonyl (C=O) groups excluding carboxylic acids is 1. The Morgan fingerprint density at radius 3 is 2.18 bits per heavy atom. The van der Waals surface area contributed by atoms with Crippen LogP contribution in [0.2, 0.25) is 0 Å². The number of hydrogen-bond acceptors (Lipinski definition) is 3. The number of nitrogens with two attached hydrogens (primary N) is 2. The molecule has 0 heterocycles. The molecule has 0 aliphatic heterocycles. The number of hydrogen-bond donors (Lipinski definition) is 3. The number of carboxylic acid groups (broad SMARTS) is 1. The number of aliphatic carboxylic acids is 1. The fourth-order valence-electron chi connectivity index (χ4n) is 0.421. The van der Waals surface area contributed by atoms with Gasteiger partial charge >= 0.3 is 5.97 Å². The Morgan fingerprint density at radius 2 is 1.91 bits per heavy atom. The van der Waals surface area contributed by atoms with Gasteiger partial charge in [-0.05, 0) is 6.42 Å². The Balaban J connectivity index is 0. The van der Waals surface area contributed by atoms with E-state index in [1.165, 1.54) is 0 Å². The summed E-state index contributed by atoms with van der Waals surface area (Å²) in [6, 6.07) is -0.979. The van der Waals surface area contributed by atoms with Crippen molar-refractivity contribution in [1.82, 2.24) is 0 Å². The van der Waals surface area contributed by atoms with Crippen LogP contribution in [0.4, 0.5) is 0 Å². The normalized spacial score (nSPS) is 11.4. The summed E-state index contributed by atoms with van der Waals surface area (Å²) in [4.78, 5) is 20.1. The molecular weight excluding hydrogens is 343 g/mol. The third-order valence-electron chi connectivity index (χ3n) is 1.02. The minimum absolute atomic E-state index is 0. The zero-order valence-electron chi connectivity index (χ0n) is 5.91. The standard InChI is InChI=1S/C5H10N2O3.Pb/c6-3(5(9)10)1-2-4(7)8;/h3H,1-2,6H2,(H2,7,8)(H,9,10);. The van der Waals surface area contributed by atoms with Crippen LogP contribution in [0, 0.1) is 0 Å². The van der Waals surface area contributed by atoms with Gasteiger partial charge in [0.2, 0.25) is 5.91 Å². The molecule has 4 radical (unpaired) electrons. The maximum atomic E-state index is 10.1. The second kappa shape index (κ2) is 6.53. The molecule has 0 rings (SSSR count). The summed E-state index contributed by atoms with van der Waals surface area (Å²) >= 11 is 0. The molecule has 0 aliphatic carbocycles. The number of primary amides is 1. The first-order valence-corrected chi connectivity index (χ1v) is 2.80. The monoisotopic (exact) mass is 354 g/mol. The van der Waals surface area contributed by atoms with Crippen molar-refractivity contribution in [2.45, 2.75) is 18.9 Å². The molecule has 0 aromatic heterocycles. The van der Waals surface area contributed by atoms with E-state index in [1.807, 2.05) is 0 Å². The number of rotatable bonds is 4. The first kappa shape index (κ1) is 13.4. The van der Waals surface area contributed by atoms with Crippen molar-refractivity contribution in [3.05, 3.63) is 0 Å². The van der Waals surface area contributed by atoms with Crippen LogP contribution >= 0.6 is 0 Å². The largest absolute Gasteiger partial charge is 0.480 e. The van der Waals surface area contributed by atoms with Crippen LogP contribution in [0.1, 0.15) is 12.8 Å². The Kier molecular flexibility index (Phi) is 7.96. The van der Waals surface area contributed by atoms with Crippen LogP contribution in [0.25, 0.3) is 0 Å². The molecule has 5 nitrogen and oxygen atoms in total. The van der Waals surface area contributed by atoms with Crippen LogP contribution in [0.3, 0.4) is 0 Å². The predicted molar refractivity (Wildman–Crippen MR) is 39.8 cm³/mol. The summed E-state index contributed by atoms with van der Waals surface area (Å²) in [6.07, 6.45) is 0.123. The number of carbonyl (C=O) groups is 2. The topological polar surface area (TPSA) is 106 Å². The summed E-state index contributed by atoms with van der Waals surface area (Å²) in [5, 5.41) is 8.22. The molecule has 62 valence electrons. The maximum Gasteiger partial charge on any atom is 0.320 e. The molecule has 0 aliphatic rings. The van der Waals surface area contributed by atoms with Crippen LogP contribution in [-0.2, 0) is 9.59 Å². The molecule has 1 amide bonds. The first-order chi connectivity index (χ1) is 4.54. The third kappa shape index (κ3) is 7.72. The van der Waals surface area contributed by atoms with E-state index in [1.54, 1.807) is 0 Å². The van der Waals surface area contributed by atoms with Gasteiger partial charge in [0.15, 0.2) is 0 Å². The fourth-order valence-corrected chi connectivity index (χ4v) is 0.421. The van der Waals surface area contributed by atoms with E-state index in [9.17, 15) is 9.59 Å². The zero-order chi connectivity index (χ0) is 8.15. The van der Waals surface area contributed by atoms with Crippen molar-refractivity contribution in [3.8, 4) is 0 Å². The average Bonchev–Trinajstić information content (AvgIpc) is 1.82. The van der Waals surface area contributed by atoms with Gasteiger partial charge in [0.05, 0.1) is 0 Å². The Hall–Kier alpha value is -0.178. The molecule has 1 unspecified atom stereocenters. The molecule has 0 aromatic rings. The molecule has 5 N–H and O–H groups in total. The van der Waals surface area contributed by atoms with Crippen molar-refractivity contribution in [2.24, 2.45) is 11.5 Å². The molecule has 0 saturated carbocycles. The van der Waals surface area contributed by atoms with Gasteiger partial charge in [-0.3, -0.25) is 9.59 Å². The second-order valence-electron chi connectivity index (χ2n) is 1.95. The van der Waals surface area contributed by atoms with E-state index < -0.39 is 17.9 Å². The van der Waals surface area contributed by atoms with Crippen molar-refractivity contribution in [1.29, 1.82) is 0 Å². The Morgan fingerprint density at radius 1 is 1.45 bits per heavy atom. The van der Waals surface area contributed by atoms with Gasteiger partial charge in [-0.2, -0.15) is 0 Å². The third-order valence-corrected chi connectivity index (χ3v) is 1.02. The Bertz CT molecular complexity index is 151. The fraction of sp³-hybridized carbons (Fsp3) is 0.600. The summed E-state index contributed by atoms with van der Waals surface area (Å²) < 4.78 is 0. The molecular formula is C5H10N2O3Pb. The van der Waals surface area contributed by atoms with E-state index >= 15 is 0 Å². The summed E-state index contributed by atoms with van der Waals surface area (Å²) in [5.74, 6) is -1.64. The minimum Gasteiger partial charge on any atom is -0.480 e. The molecule has 6 heteroatoms. The van der Waals surface area contributed by atoms with Gasteiger partial charge in [0, 0.05) is 33.7 Å². The van der Waals surface area contributed by atoms with Crippen molar-refractivity contribution in [2.75, 3.05) is 0 Å². The summed E-state index contributed by atoms with van der Waals surface area (Å²) in [7, 11) is 0. The maximum absolute atomic E-state index is 10.1. The molecule has 0 spiro atoms. The number of amides is 1. The average molecular weight is 353 g/mol. The summed E-state index contributed by atoms with van der Waals surface area (Å²) in [6.45, 7) is 0. The van der Waals surface area contributed by atoms with Crippen molar-refractivity contribution in [3.63, 3.8) is 0 Å². The van der Waals surface area contributed by atoms with Gasteiger partial charge in [0.1, 0.15) is 6.04 Å². The van der Waals surface area contributed by atoms with E-state index in [-0.39, 0.29) is 40.1 Å². The van der Waals surface area contributed by atoms with E-state index in [0.717, 1.165) is 0 Å². The van der Waals surface area contributed by atoms with Crippen LogP contribution < -0.4 is 11.5 Å². The van der Waals surface area contributed by atoms with Gasteiger partial charge in [0.25, 0.3) is 0 Å². The first-order valence-electron chi connectivity index (χ1n) is 2.80. The van der Waals surface area contributed by atoms with Gasteiger partial charge < -0.3 is 16.6 Å². The molecule has 0 bridgehead atoms. The quantitative estimate of drug-likeness (QED) is 0.523. The number of carboxylic acids is 1. The van der Waals surface area contributed by atoms with Gasteiger partial charge in [-0.15, -0.1) is 0 Å². The SMILES string of the molecule is NC(=O)CCC(N)C(=O)O.[Pb]. The Labute approximate surface area is 84.3 Å². The molecule has 0 fully saturated rings. The van der Waals surface area contributed by atoms with E-state index in [4.69, 9.17) is 16.6 Å². The van der Waals surface area contributed by atoms with E-state index in [2.05, 4.69) is 0 Å². The van der Waals surface area contributed by atoms with Gasteiger partial charge in [-0.25, -0.2) is 0 Å². The van der Waals surface area contributed by atoms with Crippen LogP contribution in [0.15, 0.2) is 0 Å².